The maximum atomic E-state index is 12.5. The van der Waals surface area contributed by atoms with Gasteiger partial charge in [-0.25, -0.2) is 4.98 Å². The van der Waals surface area contributed by atoms with Crippen LogP contribution in [0.15, 0.2) is 12.4 Å². The van der Waals surface area contributed by atoms with Crippen LogP contribution >= 0.6 is 12.2 Å². The second kappa shape index (κ2) is 6.14. The molecule has 2 N–H and O–H groups in total. The monoisotopic (exact) mass is 280 g/mol. The summed E-state index contributed by atoms with van der Waals surface area (Å²) in [6, 6.07) is -0.308. The van der Waals surface area contributed by atoms with Gasteiger partial charge in [-0.05, 0) is 19.8 Å². The summed E-state index contributed by atoms with van der Waals surface area (Å²) in [4.78, 5) is 18.8. The largest absolute Gasteiger partial charge is 0.387 e. The molecule has 1 aliphatic rings. The Kier molecular flexibility index (Phi) is 4.52. The fraction of sp³-hybridized carbons (Fsp3) is 0.615. The molecule has 2 heterocycles. The molecule has 1 aliphatic heterocycles. The number of amides is 1. The summed E-state index contributed by atoms with van der Waals surface area (Å²) in [6.07, 6.45) is 7.98. The van der Waals surface area contributed by atoms with Crippen molar-refractivity contribution in [3.05, 3.63) is 18.2 Å². The molecule has 1 atom stereocenters. The van der Waals surface area contributed by atoms with Gasteiger partial charge >= 0.3 is 0 Å². The van der Waals surface area contributed by atoms with E-state index in [4.69, 9.17) is 18.0 Å². The number of carbonyl (C=O) groups excluding carboxylic acids is 1. The second-order valence-corrected chi connectivity index (χ2v) is 5.38. The van der Waals surface area contributed by atoms with Gasteiger partial charge in [0.15, 0.2) is 5.82 Å². The van der Waals surface area contributed by atoms with Crippen molar-refractivity contribution in [2.75, 3.05) is 13.1 Å². The van der Waals surface area contributed by atoms with Gasteiger partial charge in [0.25, 0.3) is 0 Å². The lowest BCUT2D eigenvalue weighted by atomic mass is 10.2. The third-order valence-corrected chi connectivity index (χ3v) is 3.76. The highest BCUT2D eigenvalue weighted by atomic mass is 32.1. The predicted octanol–water partition coefficient (Wildman–Crippen LogP) is 1.48. The lowest BCUT2D eigenvalue weighted by molar-refractivity contribution is -0.134. The highest BCUT2D eigenvalue weighted by Crippen LogP contribution is 2.17. The molecule has 0 spiro atoms. The van der Waals surface area contributed by atoms with E-state index in [-0.39, 0.29) is 16.9 Å². The van der Waals surface area contributed by atoms with Gasteiger partial charge in [0.1, 0.15) is 11.0 Å². The summed E-state index contributed by atoms with van der Waals surface area (Å²) in [7, 11) is 0. The first kappa shape index (κ1) is 14.0. The lowest BCUT2D eigenvalue weighted by Gasteiger charge is -2.25. The summed E-state index contributed by atoms with van der Waals surface area (Å²) >= 11 is 4.96. The fourth-order valence-electron chi connectivity index (χ4n) is 2.49. The zero-order chi connectivity index (χ0) is 13.8. The minimum atomic E-state index is -0.308. The number of imidazole rings is 1. The molecule has 1 aromatic rings. The van der Waals surface area contributed by atoms with Crippen LogP contribution in [0, 0.1) is 0 Å². The molecule has 19 heavy (non-hydrogen) atoms. The van der Waals surface area contributed by atoms with Crippen LogP contribution in [0.25, 0.3) is 0 Å². The smallest absolute Gasteiger partial charge is 0.245 e. The number of nitrogens with two attached hydrogens (primary N) is 1. The Hall–Kier alpha value is -1.43. The van der Waals surface area contributed by atoms with E-state index in [0.717, 1.165) is 25.9 Å². The Labute approximate surface area is 118 Å². The number of carbonyl (C=O) groups is 1. The van der Waals surface area contributed by atoms with Gasteiger partial charge in [0, 0.05) is 25.5 Å². The highest BCUT2D eigenvalue weighted by Gasteiger charge is 2.24. The quantitative estimate of drug-likeness (QED) is 0.852. The summed E-state index contributed by atoms with van der Waals surface area (Å²) < 4.78 is 1.76. The summed E-state index contributed by atoms with van der Waals surface area (Å²) in [5.41, 5.74) is 5.62. The van der Waals surface area contributed by atoms with Crippen molar-refractivity contribution < 1.29 is 4.79 Å². The maximum absolute atomic E-state index is 12.5. The van der Waals surface area contributed by atoms with Gasteiger partial charge in [0.2, 0.25) is 5.91 Å². The third kappa shape index (κ3) is 3.12. The molecule has 104 valence electrons. The molecule has 5 nitrogen and oxygen atoms in total. The van der Waals surface area contributed by atoms with Crippen molar-refractivity contribution in [2.45, 2.75) is 38.6 Å². The molecule has 1 aromatic heterocycles. The molecule has 0 bridgehead atoms. The fourth-order valence-corrected chi connectivity index (χ4v) is 2.65. The van der Waals surface area contributed by atoms with E-state index in [2.05, 4.69) is 4.98 Å². The van der Waals surface area contributed by atoms with Crippen LogP contribution in [-0.4, -0.2) is 38.4 Å². The van der Waals surface area contributed by atoms with Crippen LogP contribution in [0.3, 0.4) is 0 Å². The Morgan fingerprint density at radius 2 is 2.00 bits per heavy atom. The normalized spacial score (nSPS) is 17.8. The van der Waals surface area contributed by atoms with Crippen LogP contribution in [0.2, 0.25) is 0 Å². The average Bonchev–Trinajstić information content (AvgIpc) is 2.73. The predicted molar refractivity (Wildman–Crippen MR) is 77.9 cm³/mol. The zero-order valence-corrected chi connectivity index (χ0v) is 12.0. The van der Waals surface area contributed by atoms with Gasteiger partial charge in [-0.2, -0.15) is 0 Å². The minimum Gasteiger partial charge on any atom is -0.387 e. The molecule has 1 unspecified atom stereocenters. The van der Waals surface area contributed by atoms with E-state index in [1.165, 1.54) is 12.8 Å². The number of hydrogen-bond donors (Lipinski definition) is 1. The van der Waals surface area contributed by atoms with E-state index < -0.39 is 0 Å². The van der Waals surface area contributed by atoms with Gasteiger partial charge in [-0.3, -0.25) is 4.79 Å². The molecule has 0 aliphatic carbocycles. The molecule has 1 saturated heterocycles. The molecule has 0 saturated carbocycles. The molecule has 0 aromatic carbocycles. The van der Waals surface area contributed by atoms with Crippen LogP contribution < -0.4 is 5.73 Å². The first-order chi connectivity index (χ1) is 9.11. The van der Waals surface area contributed by atoms with E-state index in [0.29, 0.717) is 5.82 Å². The van der Waals surface area contributed by atoms with Crippen molar-refractivity contribution in [3.8, 4) is 0 Å². The van der Waals surface area contributed by atoms with Crippen molar-refractivity contribution >= 4 is 23.1 Å². The molecule has 1 amide bonds. The molecule has 0 radical (unpaired) electrons. The lowest BCUT2D eigenvalue weighted by Crippen LogP contribution is -2.37. The molecule has 1 fully saturated rings. The number of thiocarbonyl (C=S) groups is 1. The van der Waals surface area contributed by atoms with Crippen LogP contribution in [-0.2, 0) is 4.79 Å². The second-order valence-electron chi connectivity index (χ2n) is 4.94. The first-order valence-electron chi connectivity index (χ1n) is 6.72. The zero-order valence-electron chi connectivity index (χ0n) is 11.2. The van der Waals surface area contributed by atoms with Gasteiger partial charge in [-0.1, -0.05) is 25.1 Å². The Morgan fingerprint density at radius 3 is 2.58 bits per heavy atom. The Balaban J connectivity index is 2.13. The SMILES string of the molecule is CC(C(=O)N1CCCCCC1)n1ccnc1C(N)=S. The van der Waals surface area contributed by atoms with Crippen LogP contribution in [0.4, 0.5) is 0 Å². The number of likely N-dealkylation sites (tertiary alicyclic amines) is 1. The van der Waals surface area contributed by atoms with Crippen molar-refractivity contribution in [3.63, 3.8) is 0 Å². The van der Waals surface area contributed by atoms with Crippen LogP contribution in [0.5, 0.6) is 0 Å². The number of rotatable bonds is 3. The van der Waals surface area contributed by atoms with Gasteiger partial charge in [0.05, 0.1) is 0 Å². The van der Waals surface area contributed by atoms with Crippen molar-refractivity contribution in [1.82, 2.24) is 14.5 Å². The van der Waals surface area contributed by atoms with Crippen molar-refractivity contribution in [1.29, 1.82) is 0 Å². The standard InChI is InChI=1S/C13H20N4OS/c1-10(17-9-6-15-12(17)11(14)19)13(18)16-7-4-2-3-5-8-16/h6,9-10H,2-5,7-8H2,1H3,(H2,14,19). The van der Waals surface area contributed by atoms with E-state index in [1.807, 2.05) is 11.8 Å². The van der Waals surface area contributed by atoms with E-state index >= 15 is 0 Å². The molecule has 6 heteroatoms. The summed E-state index contributed by atoms with van der Waals surface area (Å²) in [5, 5.41) is 0. The summed E-state index contributed by atoms with van der Waals surface area (Å²) in [5.74, 6) is 0.628. The van der Waals surface area contributed by atoms with Crippen molar-refractivity contribution in [2.24, 2.45) is 5.73 Å². The third-order valence-electron chi connectivity index (χ3n) is 3.58. The molecular weight excluding hydrogens is 260 g/mol. The topological polar surface area (TPSA) is 64.2 Å². The maximum Gasteiger partial charge on any atom is 0.245 e. The van der Waals surface area contributed by atoms with Gasteiger partial charge < -0.3 is 15.2 Å². The first-order valence-corrected chi connectivity index (χ1v) is 7.13. The van der Waals surface area contributed by atoms with Crippen LogP contribution in [0.1, 0.15) is 44.5 Å². The number of hydrogen-bond acceptors (Lipinski definition) is 3. The summed E-state index contributed by atoms with van der Waals surface area (Å²) in [6.45, 7) is 3.57. The van der Waals surface area contributed by atoms with Gasteiger partial charge in [-0.15, -0.1) is 0 Å². The Bertz CT molecular complexity index is 463. The molecule has 2 rings (SSSR count). The van der Waals surface area contributed by atoms with E-state index in [1.54, 1.807) is 17.0 Å². The minimum absolute atomic E-state index is 0.123. The Morgan fingerprint density at radius 1 is 1.37 bits per heavy atom. The highest BCUT2D eigenvalue weighted by molar-refractivity contribution is 7.80. The number of aromatic nitrogens is 2. The molecular formula is C13H20N4OS. The number of nitrogens with zero attached hydrogens (tertiary/aromatic N) is 3. The van der Waals surface area contributed by atoms with E-state index in [9.17, 15) is 4.79 Å². The average molecular weight is 280 g/mol.